The highest BCUT2D eigenvalue weighted by atomic mass is 32.1. The Labute approximate surface area is 95.3 Å². The van der Waals surface area contributed by atoms with Crippen molar-refractivity contribution in [1.82, 2.24) is 10.3 Å². The van der Waals surface area contributed by atoms with Gasteiger partial charge in [-0.25, -0.2) is 4.98 Å². The molecule has 0 amide bonds. The molecular weight excluding hydrogens is 206 g/mol. The van der Waals surface area contributed by atoms with Gasteiger partial charge in [0.1, 0.15) is 0 Å². The van der Waals surface area contributed by atoms with Gasteiger partial charge in [0, 0.05) is 10.9 Å². The minimum Gasteiger partial charge on any atom is -0.359 e. The lowest BCUT2D eigenvalue weighted by atomic mass is 10.1. The first kappa shape index (κ1) is 10.9. The molecule has 84 valence electrons. The lowest BCUT2D eigenvalue weighted by Crippen LogP contribution is -2.21. The summed E-state index contributed by atoms with van der Waals surface area (Å²) in [4.78, 5) is 5.85. The molecule has 1 atom stereocenters. The van der Waals surface area contributed by atoms with Crippen LogP contribution in [0, 0.1) is 13.8 Å². The quantitative estimate of drug-likeness (QED) is 0.811. The van der Waals surface area contributed by atoms with Gasteiger partial charge in [-0.05, 0) is 46.2 Å². The van der Waals surface area contributed by atoms with E-state index in [1.807, 2.05) is 0 Å². The highest BCUT2D eigenvalue weighted by molar-refractivity contribution is 7.15. The van der Waals surface area contributed by atoms with E-state index in [-0.39, 0.29) is 0 Å². The van der Waals surface area contributed by atoms with E-state index in [4.69, 9.17) is 0 Å². The number of aromatic nitrogens is 1. The summed E-state index contributed by atoms with van der Waals surface area (Å²) in [5.74, 6) is 0. The number of nitrogens with zero attached hydrogens (tertiary/aromatic N) is 1. The molecule has 0 spiro atoms. The third-order valence-corrected chi connectivity index (χ3v) is 3.94. The topological polar surface area (TPSA) is 37.0 Å². The minimum atomic E-state index is 0.602. The van der Waals surface area contributed by atoms with Gasteiger partial charge in [0.2, 0.25) is 0 Å². The van der Waals surface area contributed by atoms with E-state index in [0.717, 1.165) is 23.9 Å². The van der Waals surface area contributed by atoms with Crippen LogP contribution >= 0.6 is 11.3 Å². The van der Waals surface area contributed by atoms with Crippen LogP contribution in [-0.2, 0) is 0 Å². The summed E-state index contributed by atoms with van der Waals surface area (Å²) in [6, 6.07) is 0.602. The molecule has 2 N–H and O–H groups in total. The standard InChI is InChI=1S/C11H19N3S/c1-8-9(2)15-11(13-8)14-10-4-3-6-12-7-5-10/h10,12H,3-7H2,1-2H3,(H,13,14). The number of hydrogen-bond donors (Lipinski definition) is 2. The summed E-state index contributed by atoms with van der Waals surface area (Å²) in [5, 5.41) is 8.07. The van der Waals surface area contributed by atoms with E-state index < -0.39 is 0 Å². The number of aryl methyl sites for hydroxylation is 2. The second-order valence-electron chi connectivity index (χ2n) is 4.18. The fourth-order valence-corrected chi connectivity index (χ4v) is 2.76. The molecule has 0 aliphatic carbocycles. The van der Waals surface area contributed by atoms with Gasteiger partial charge in [-0.2, -0.15) is 0 Å². The molecule has 1 aromatic rings. The predicted molar refractivity (Wildman–Crippen MR) is 65.7 cm³/mol. The molecule has 1 saturated heterocycles. The molecule has 0 bridgehead atoms. The fourth-order valence-electron chi connectivity index (χ4n) is 1.87. The van der Waals surface area contributed by atoms with Gasteiger partial charge in [-0.1, -0.05) is 0 Å². The zero-order chi connectivity index (χ0) is 10.7. The van der Waals surface area contributed by atoms with Crippen molar-refractivity contribution in [2.24, 2.45) is 0 Å². The van der Waals surface area contributed by atoms with Crippen LogP contribution in [0.25, 0.3) is 0 Å². The molecule has 3 nitrogen and oxygen atoms in total. The summed E-state index contributed by atoms with van der Waals surface area (Å²) in [6.45, 7) is 6.49. The zero-order valence-electron chi connectivity index (χ0n) is 9.47. The lowest BCUT2D eigenvalue weighted by Gasteiger charge is -2.14. The number of thiazole rings is 1. The second-order valence-corrected chi connectivity index (χ2v) is 5.39. The van der Waals surface area contributed by atoms with E-state index in [2.05, 4.69) is 29.5 Å². The maximum absolute atomic E-state index is 4.52. The molecule has 0 aromatic carbocycles. The average Bonchev–Trinajstić information content (AvgIpc) is 2.45. The fraction of sp³-hybridized carbons (Fsp3) is 0.727. The Morgan fingerprint density at radius 1 is 1.33 bits per heavy atom. The molecule has 2 heterocycles. The van der Waals surface area contributed by atoms with Gasteiger partial charge in [0.15, 0.2) is 5.13 Å². The largest absolute Gasteiger partial charge is 0.359 e. The second kappa shape index (κ2) is 4.94. The number of anilines is 1. The molecule has 4 heteroatoms. The van der Waals surface area contributed by atoms with Crippen LogP contribution in [-0.4, -0.2) is 24.1 Å². The van der Waals surface area contributed by atoms with Gasteiger partial charge in [-0.3, -0.25) is 0 Å². The Hall–Kier alpha value is -0.610. The van der Waals surface area contributed by atoms with Crippen molar-refractivity contribution in [3.05, 3.63) is 10.6 Å². The lowest BCUT2D eigenvalue weighted by molar-refractivity contribution is 0.637. The predicted octanol–water partition coefficient (Wildman–Crippen LogP) is 2.31. The summed E-state index contributed by atoms with van der Waals surface area (Å²) in [5.41, 5.74) is 1.16. The first-order chi connectivity index (χ1) is 7.25. The molecular formula is C11H19N3S. The van der Waals surface area contributed by atoms with Crippen molar-refractivity contribution >= 4 is 16.5 Å². The van der Waals surface area contributed by atoms with E-state index in [9.17, 15) is 0 Å². The molecule has 2 rings (SSSR count). The summed E-state index contributed by atoms with van der Waals surface area (Å²) in [7, 11) is 0. The van der Waals surface area contributed by atoms with Crippen molar-refractivity contribution in [3.63, 3.8) is 0 Å². The summed E-state index contributed by atoms with van der Waals surface area (Å²) >= 11 is 1.77. The molecule has 1 aliphatic rings. The molecule has 0 radical (unpaired) electrons. The maximum atomic E-state index is 4.52. The van der Waals surface area contributed by atoms with Crippen molar-refractivity contribution < 1.29 is 0 Å². The van der Waals surface area contributed by atoms with Crippen LogP contribution < -0.4 is 10.6 Å². The van der Waals surface area contributed by atoms with Crippen molar-refractivity contribution in [3.8, 4) is 0 Å². The third-order valence-electron chi connectivity index (χ3n) is 2.93. The number of nitrogens with one attached hydrogen (secondary N) is 2. The van der Waals surface area contributed by atoms with Gasteiger partial charge < -0.3 is 10.6 Å². The van der Waals surface area contributed by atoms with Crippen LogP contribution in [0.3, 0.4) is 0 Å². The van der Waals surface area contributed by atoms with Crippen LogP contribution in [0.1, 0.15) is 29.8 Å². The van der Waals surface area contributed by atoms with Crippen LogP contribution in [0.2, 0.25) is 0 Å². The van der Waals surface area contributed by atoms with Gasteiger partial charge >= 0.3 is 0 Å². The molecule has 15 heavy (non-hydrogen) atoms. The van der Waals surface area contributed by atoms with Crippen LogP contribution in [0.4, 0.5) is 5.13 Å². The highest BCUT2D eigenvalue weighted by Gasteiger charge is 2.13. The van der Waals surface area contributed by atoms with Crippen molar-refractivity contribution in [1.29, 1.82) is 0 Å². The Balaban J connectivity index is 1.95. The van der Waals surface area contributed by atoms with E-state index >= 15 is 0 Å². The molecule has 1 fully saturated rings. The Kier molecular flexibility index (Phi) is 3.59. The van der Waals surface area contributed by atoms with Crippen molar-refractivity contribution in [2.45, 2.75) is 39.2 Å². The molecule has 1 aromatic heterocycles. The Morgan fingerprint density at radius 3 is 2.93 bits per heavy atom. The van der Waals surface area contributed by atoms with Crippen LogP contribution in [0.5, 0.6) is 0 Å². The summed E-state index contributed by atoms with van der Waals surface area (Å²) in [6.07, 6.45) is 3.73. The monoisotopic (exact) mass is 225 g/mol. The normalized spacial score (nSPS) is 22.4. The Bertz CT molecular complexity index is 294. The van der Waals surface area contributed by atoms with E-state index in [1.165, 1.54) is 24.1 Å². The van der Waals surface area contributed by atoms with Gasteiger partial charge in [0.25, 0.3) is 0 Å². The van der Waals surface area contributed by atoms with E-state index in [1.54, 1.807) is 11.3 Å². The molecule has 1 aliphatic heterocycles. The SMILES string of the molecule is Cc1nc(NC2CCCNCC2)sc1C. The minimum absolute atomic E-state index is 0.602. The molecule has 0 saturated carbocycles. The third kappa shape index (κ3) is 2.92. The smallest absolute Gasteiger partial charge is 0.183 e. The first-order valence-electron chi connectivity index (χ1n) is 5.67. The molecule has 1 unspecified atom stereocenters. The van der Waals surface area contributed by atoms with Gasteiger partial charge in [0.05, 0.1) is 5.69 Å². The zero-order valence-corrected chi connectivity index (χ0v) is 10.3. The number of hydrogen-bond acceptors (Lipinski definition) is 4. The van der Waals surface area contributed by atoms with E-state index in [0.29, 0.717) is 6.04 Å². The Morgan fingerprint density at radius 2 is 2.20 bits per heavy atom. The van der Waals surface area contributed by atoms with Crippen molar-refractivity contribution in [2.75, 3.05) is 18.4 Å². The van der Waals surface area contributed by atoms with Gasteiger partial charge in [-0.15, -0.1) is 11.3 Å². The maximum Gasteiger partial charge on any atom is 0.183 e. The highest BCUT2D eigenvalue weighted by Crippen LogP contribution is 2.23. The average molecular weight is 225 g/mol. The van der Waals surface area contributed by atoms with Crippen LogP contribution in [0.15, 0.2) is 0 Å². The number of rotatable bonds is 2. The first-order valence-corrected chi connectivity index (χ1v) is 6.48. The summed E-state index contributed by atoms with van der Waals surface area (Å²) < 4.78 is 0.